The van der Waals surface area contributed by atoms with Gasteiger partial charge in [-0.25, -0.2) is 0 Å². The van der Waals surface area contributed by atoms with E-state index in [-0.39, 0.29) is 21.9 Å². The third-order valence-corrected chi connectivity index (χ3v) is 3.12. The highest BCUT2D eigenvalue weighted by Gasteiger charge is 2.12. The van der Waals surface area contributed by atoms with Crippen LogP contribution in [0, 0.1) is 0 Å². The van der Waals surface area contributed by atoms with Crippen molar-refractivity contribution in [3.05, 3.63) is 23.8 Å². The molecular weight excluding hydrogens is 274 g/mol. The summed E-state index contributed by atoms with van der Waals surface area (Å²) in [6, 6.07) is 3.85. The van der Waals surface area contributed by atoms with Crippen LogP contribution < -0.4 is 5.32 Å². The molecule has 0 aliphatic heterocycles. The first-order chi connectivity index (χ1) is 7.54. The van der Waals surface area contributed by atoms with Gasteiger partial charge in [-0.05, 0) is 24.6 Å². The van der Waals surface area contributed by atoms with E-state index in [9.17, 15) is 15.0 Å². The minimum Gasteiger partial charge on any atom is -0.508 e. The van der Waals surface area contributed by atoms with Crippen molar-refractivity contribution in [3.63, 3.8) is 0 Å². The van der Waals surface area contributed by atoms with Crippen molar-refractivity contribution in [2.24, 2.45) is 0 Å². The lowest BCUT2D eigenvalue weighted by Crippen LogP contribution is -2.29. The molecule has 5 heteroatoms. The first-order valence-electron chi connectivity index (χ1n) is 4.98. The van der Waals surface area contributed by atoms with Gasteiger partial charge in [0.05, 0.1) is 5.56 Å². The summed E-state index contributed by atoms with van der Waals surface area (Å²) < 4.78 is 0. The molecule has 1 rings (SSSR count). The predicted molar refractivity (Wildman–Crippen MR) is 65.1 cm³/mol. The second-order valence-corrected chi connectivity index (χ2v) is 4.71. The van der Waals surface area contributed by atoms with Crippen LogP contribution in [0.3, 0.4) is 0 Å². The predicted octanol–water partition coefficient (Wildman–Crippen LogP) is 2.00. The summed E-state index contributed by atoms with van der Waals surface area (Å²) in [6.07, 6.45) is 0.895. The van der Waals surface area contributed by atoms with Gasteiger partial charge in [-0.15, -0.1) is 0 Å². The fourth-order valence-corrected chi connectivity index (χ4v) is 1.31. The lowest BCUT2D eigenvalue weighted by atomic mass is 10.1. The van der Waals surface area contributed by atoms with Crippen LogP contribution in [-0.2, 0) is 0 Å². The number of alkyl halides is 1. The molecule has 1 atom stereocenters. The number of carbonyl (C=O) groups is 1. The summed E-state index contributed by atoms with van der Waals surface area (Å²) in [5.41, 5.74) is 0.0794. The van der Waals surface area contributed by atoms with Crippen molar-refractivity contribution in [1.82, 2.24) is 5.32 Å². The first kappa shape index (κ1) is 12.8. The molecule has 0 aliphatic carbocycles. The number of hydrogen-bond donors (Lipinski definition) is 3. The molecule has 0 radical (unpaired) electrons. The molecule has 88 valence electrons. The maximum atomic E-state index is 11.6. The molecule has 0 bridgehead atoms. The Kier molecular flexibility index (Phi) is 4.61. The smallest absolute Gasteiger partial charge is 0.255 e. The van der Waals surface area contributed by atoms with Crippen LogP contribution in [0.4, 0.5) is 0 Å². The van der Waals surface area contributed by atoms with Gasteiger partial charge in [-0.1, -0.05) is 22.9 Å². The Hall–Kier alpha value is -1.23. The van der Waals surface area contributed by atoms with Crippen LogP contribution in [0.1, 0.15) is 23.7 Å². The summed E-state index contributed by atoms with van der Waals surface area (Å²) in [5, 5.41) is 21.3. The van der Waals surface area contributed by atoms with Crippen molar-refractivity contribution >= 4 is 21.8 Å². The number of nitrogens with one attached hydrogen (secondary N) is 1. The average molecular weight is 288 g/mol. The molecule has 1 amide bonds. The lowest BCUT2D eigenvalue weighted by Gasteiger charge is -2.09. The SMILES string of the molecule is CCC(Br)CNC(=O)c1cc(O)ccc1O. The van der Waals surface area contributed by atoms with Gasteiger partial charge in [0.2, 0.25) is 0 Å². The lowest BCUT2D eigenvalue weighted by molar-refractivity contribution is 0.0951. The van der Waals surface area contributed by atoms with Crippen molar-refractivity contribution in [2.75, 3.05) is 6.54 Å². The minimum atomic E-state index is -0.397. The van der Waals surface area contributed by atoms with E-state index in [0.29, 0.717) is 6.54 Å². The van der Waals surface area contributed by atoms with Crippen molar-refractivity contribution in [3.8, 4) is 11.5 Å². The molecule has 0 saturated heterocycles. The molecule has 0 aromatic heterocycles. The Morgan fingerprint density at radius 1 is 1.50 bits per heavy atom. The number of phenolic OH excluding ortho intramolecular Hbond substituents is 2. The fourth-order valence-electron chi connectivity index (χ4n) is 1.15. The number of carbonyl (C=O) groups excluding carboxylic acids is 1. The van der Waals surface area contributed by atoms with E-state index in [1.54, 1.807) is 0 Å². The number of halogens is 1. The van der Waals surface area contributed by atoms with E-state index in [0.717, 1.165) is 6.42 Å². The molecular formula is C11H14BrNO3. The summed E-state index contributed by atoms with van der Waals surface area (Å²) in [5.74, 6) is -0.585. The van der Waals surface area contributed by atoms with Crippen molar-refractivity contribution in [1.29, 1.82) is 0 Å². The van der Waals surface area contributed by atoms with E-state index in [2.05, 4.69) is 21.2 Å². The van der Waals surface area contributed by atoms with Gasteiger partial charge in [0, 0.05) is 11.4 Å². The largest absolute Gasteiger partial charge is 0.508 e. The quantitative estimate of drug-likeness (QED) is 0.586. The highest BCUT2D eigenvalue weighted by Crippen LogP contribution is 2.21. The molecule has 16 heavy (non-hydrogen) atoms. The molecule has 1 aromatic rings. The zero-order valence-electron chi connectivity index (χ0n) is 8.90. The van der Waals surface area contributed by atoms with E-state index in [1.807, 2.05) is 6.92 Å². The van der Waals surface area contributed by atoms with Gasteiger partial charge in [0.1, 0.15) is 11.5 Å². The molecule has 0 heterocycles. The molecule has 0 fully saturated rings. The van der Waals surface area contributed by atoms with Crippen LogP contribution in [0.5, 0.6) is 11.5 Å². The highest BCUT2D eigenvalue weighted by molar-refractivity contribution is 9.09. The minimum absolute atomic E-state index is 0.0474. The van der Waals surface area contributed by atoms with E-state index in [1.165, 1.54) is 18.2 Å². The molecule has 1 aromatic carbocycles. The molecule has 3 N–H and O–H groups in total. The fraction of sp³-hybridized carbons (Fsp3) is 0.364. The Balaban J connectivity index is 2.69. The zero-order chi connectivity index (χ0) is 12.1. The third-order valence-electron chi connectivity index (χ3n) is 2.15. The number of amides is 1. The van der Waals surface area contributed by atoms with Crippen molar-refractivity contribution in [2.45, 2.75) is 18.2 Å². The second kappa shape index (κ2) is 5.75. The van der Waals surface area contributed by atoms with Gasteiger partial charge in [0.15, 0.2) is 0 Å². The molecule has 0 saturated carbocycles. The monoisotopic (exact) mass is 287 g/mol. The van der Waals surface area contributed by atoms with Gasteiger partial charge < -0.3 is 15.5 Å². The Bertz CT molecular complexity index is 381. The van der Waals surface area contributed by atoms with E-state index >= 15 is 0 Å². The third kappa shape index (κ3) is 3.41. The molecule has 4 nitrogen and oxygen atoms in total. The Morgan fingerprint density at radius 3 is 2.81 bits per heavy atom. The molecule has 0 aliphatic rings. The average Bonchev–Trinajstić information content (AvgIpc) is 2.28. The maximum absolute atomic E-state index is 11.6. The van der Waals surface area contributed by atoms with Crippen LogP contribution >= 0.6 is 15.9 Å². The number of hydrogen-bond acceptors (Lipinski definition) is 3. The maximum Gasteiger partial charge on any atom is 0.255 e. The highest BCUT2D eigenvalue weighted by atomic mass is 79.9. The summed E-state index contributed by atoms with van der Waals surface area (Å²) in [6.45, 7) is 2.47. The van der Waals surface area contributed by atoms with Crippen LogP contribution in [-0.4, -0.2) is 27.5 Å². The topological polar surface area (TPSA) is 69.6 Å². The normalized spacial score (nSPS) is 12.1. The molecule has 0 spiro atoms. The van der Waals surface area contributed by atoms with Gasteiger partial charge >= 0.3 is 0 Å². The zero-order valence-corrected chi connectivity index (χ0v) is 10.5. The summed E-state index contributed by atoms with van der Waals surface area (Å²) in [4.78, 5) is 11.8. The number of benzene rings is 1. The van der Waals surface area contributed by atoms with E-state index in [4.69, 9.17) is 0 Å². The molecule has 1 unspecified atom stereocenters. The van der Waals surface area contributed by atoms with Crippen LogP contribution in [0.15, 0.2) is 18.2 Å². The van der Waals surface area contributed by atoms with Gasteiger partial charge in [-0.3, -0.25) is 4.79 Å². The van der Waals surface area contributed by atoms with Crippen molar-refractivity contribution < 1.29 is 15.0 Å². The summed E-state index contributed by atoms with van der Waals surface area (Å²) >= 11 is 3.38. The summed E-state index contributed by atoms with van der Waals surface area (Å²) in [7, 11) is 0. The standard InChI is InChI=1S/C11H14BrNO3/c1-2-7(12)6-13-11(16)9-5-8(14)3-4-10(9)15/h3-5,7,14-15H,2,6H2,1H3,(H,13,16). The van der Waals surface area contributed by atoms with Crippen LogP contribution in [0.2, 0.25) is 0 Å². The van der Waals surface area contributed by atoms with Crippen LogP contribution in [0.25, 0.3) is 0 Å². The van der Waals surface area contributed by atoms with E-state index < -0.39 is 5.91 Å². The number of aromatic hydroxyl groups is 2. The first-order valence-corrected chi connectivity index (χ1v) is 5.90. The van der Waals surface area contributed by atoms with Gasteiger partial charge in [0.25, 0.3) is 5.91 Å². The second-order valence-electron chi connectivity index (χ2n) is 3.42. The van der Waals surface area contributed by atoms with Gasteiger partial charge in [-0.2, -0.15) is 0 Å². The Morgan fingerprint density at radius 2 is 2.19 bits per heavy atom. The Labute approximate surface area is 102 Å². The number of phenols is 2. The number of rotatable bonds is 4.